The largest absolute Gasteiger partial charge is 0.388 e. The van der Waals surface area contributed by atoms with Crippen molar-refractivity contribution in [1.82, 2.24) is 0 Å². The number of methoxy groups -OCH3 is 1. The van der Waals surface area contributed by atoms with E-state index in [1.54, 1.807) is 7.11 Å². The Hall–Kier alpha value is -0.590. The van der Waals surface area contributed by atoms with Gasteiger partial charge in [-0.3, -0.25) is 0 Å². The molecule has 1 N–H and O–H groups in total. The summed E-state index contributed by atoms with van der Waals surface area (Å²) in [5, 5.41) is 22.2. The molecule has 4 aliphatic carbocycles. The maximum absolute atomic E-state index is 12.0. The van der Waals surface area contributed by atoms with Crippen LogP contribution in [0.5, 0.6) is 0 Å². The monoisotopic (exact) mass is 443 g/mol. The lowest BCUT2D eigenvalue weighted by Crippen LogP contribution is -2.66. The minimum Gasteiger partial charge on any atom is -0.388 e. The summed E-state index contributed by atoms with van der Waals surface area (Å²) in [6.07, 6.45) is 13.0. The molecule has 0 spiro atoms. The lowest BCUT2D eigenvalue weighted by molar-refractivity contribution is -0.239. The van der Waals surface area contributed by atoms with Gasteiger partial charge in [0.25, 0.3) is 0 Å². The van der Waals surface area contributed by atoms with Crippen molar-refractivity contribution in [2.45, 2.75) is 117 Å². The average molecular weight is 444 g/mol. The summed E-state index contributed by atoms with van der Waals surface area (Å²) < 4.78 is 5.68. The molecule has 4 saturated carbocycles. The molecule has 32 heavy (non-hydrogen) atoms. The second kappa shape index (κ2) is 8.88. The fourth-order valence-electron chi connectivity index (χ4n) is 9.67. The van der Waals surface area contributed by atoms with Gasteiger partial charge in [0.05, 0.1) is 23.7 Å². The van der Waals surface area contributed by atoms with Crippen molar-refractivity contribution in [1.29, 1.82) is 5.26 Å². The van der Waals surface area contributed by atoms with Crippen molar-refractivity contribution < 1.29 is 9.84 Å². The van der Waals surface area contributed by atoms with E-state index >= 15 is 0 Å². The Kier molecular flexibility index (Phi) is 6.81. The SMILES string of the molecule is COC1CC[C@]2(C)[C@H]3CC[C@]4(C)[C@@H]([C@H](C)CCCC(C)C)CC[C@H]4[C@@H]3CC(C#N)C2(O)C1. The highest BCUT2D eigenvalue weighted by molar-refractivity contribution is 5.20. The van der Waals surface area contributed by atoms with E-state index in [2.05, 4.69) is 40.7 Å². The molecule has 0 aromatic carbocycles. The number of fused-ring (bicyclic) bond motifs is 5. The topological polar surface area (TPSA) is 53.2 Å². The first-order valence-electron chi connectivity index (χ1n) is 13.8. The Labute approximate surface area is 197 Å². The quantitative estimate of drug-likeness (QED) is 0.481. The van der Waals surface area contributed by atoms with Gasteiger partial charge >= 0.3 is 0 Å². The van der Waals surface area contributed by atoms with Crippen LogP contribution in [0.4, 0.5) is 0 Å². The summed E-state index contributed by atoms with van der Waals surface area (Å²) in [5.41, 5.74) is -0.612. The van der Waals surface area contributed by atoms with Crippen LogP contribution in [0.25, 0.3) is 0 Å². The number of hydrogen-bond donors (Lipinski definition) is 1. The van der Waals surface area contributed by atoms with Crippen LogP contribution in [0, 0.1) is 63.6 Å². The molecule has 0 saturated heterocycles. The minimum absolute atomic E-state index is 0.0943. The van der Waals surface area contributed by atoms with Gasteiger partial charge in [-0.25, -0.2) is 0 Å². The standard InChI is InChI=1S/C29H49NO2/c1-19(2)8-7-9-20(3)24-10-11-25-23-16-21(18-30)29(31)17-22(32-6)12-15-28(29,5)26(23)13-14-27(24,25)4/h19-26,31H,7-17H2,1-6H3/t20-,21?,22?,23+,24-,25+,26+,27-,28-,29?/m1/s1. The van der Waals surface area contributed by atoms with E-state index in [9.17, 15) is 10.4 Å². The third-order valence-corrected chi connectivity index (χ3v) is 11.5. The zero-order valence-corrected chi connectivity index (χ0v) is 21.7. The van der Waals surface area contributed by atoms with Gasteiger partial charge in [0.15, 0.2) is 0 Å². The van der Waals surface area contributed by atoms with E-state index < -0.39 is 5.60 Å². The van der Waals surface area contributed by atoms with Crippen LogP contribution in [-0.4, -0.2) is 23.9 Å². The van der Waals surface area contributed by atoms with Crippen LogP contribution in [-0.2, 0) is 4.74 Å². The van der Waals surface area contributed by atoms with Crippen molar-refractivity contribution in [3.63, 3.8) is 0 Å². The molecule has 0 heterocycles. The third kappa shape index (κ3) is 3.67. The summed E-state index contributed by atoms with van der Waals surface area (Å²) in [4.78, 5) is 0. The maximum atomic E-state index is 12.0. The van der Waals surface area contributed by atoms with Gasteiger partial charge < -0.3 is 9.84 Å². The number of rotatable bonds is 6. The Bertz CT molecular complexity index is 714. The van der Waals surface area contributed by atoms with Gasteiger partial charge in [-0.2, -0.15) is 5.26 Å². The predicted octanol–water partition coefficient (Wildman–Crippen LogP) is 6.99. The fourth-order valence-corrected chi connectivity index (χ4v) is 9.67. The summed E-state index contributed by atoms with van der Waals surface area (Å²) in [7, 11) is 1.76. The smallest absolute Gasteiger partial charge is 0.0885 e. The molecule has 0 amide bonds. The zero-order chi connectivity index (χ0) is 23.3. The van der Waals surface area contributed by atoms with Crippen molar-refractivity contribution in [3.05, 3.63) is 0 Å². The van der Waals surface area contributed by atoms with Gasteiger partial charge in [0.1, 0.15) is 0 Å². The molecule has 0 bridgehead atoms. The molecule has 0 radical (unpaired) electrons. The highest BCUT2D eigenvalue weighted by atomic mass is 16.5. The average Bonchev–Trinajstić information content (AvgIpc) is 3.10. The summed E-state index contributed by atoms with van der Waals surface area (Å²) in [6.45, 7) is 12.2. The predicted molar refractivity (Wildman–Crippen MR) is 130 cm³/mol. The molecule has 3 unspecified atom stereocenters. The number of nitrogens with zero attached hydrogens (tertiary/aromatic N) is 1. The summed E-state index contributed by atoms with van der Waals surface area (Å²) >= 11 is 0. The maximum Gasteiger partial charge on any atom is 0.0885 e. The van der Waals surface area contributed by atoms with E-state index in [-0.39, 0.29) is 17.4 Å². The van der Waals surface area contributed by atoms with Crippen LogP contribution in [0.2, 0.25) is 0 Å². The van der Waals surface area contributed by atoms with Gasteiger partial charge in [-0.05, 0) is 85.9 Å². The molecule has 182 valence electrons. The first kappa shape index (κ1) is 24.5. The van der Waals surface area contributed by atoms with E-state index in [0.29, 0.717) is 23.7 Å². The van der Waals surface area contributed by atoms with Crippen molar-refractivity contribution in [2.75, 3.05) is 7.11 Å². The lowest BCUT2D eigenvalue weighted by atomic mass is 9.41. The fraction of sp³-hybridized carbons (Fsp3) is 0.966. The molecule has 0 aromatic rings. The van der Waals surface area contributed by atoms with Crippen molar-refractivity contribution in [2.24, 2.45) is 52.3 Å². The Morgan fingerprint density at radius 1 is 1.03 bits per heavy atom. The third-order valence-electron chi connectivity index (χ3n) is 11.5. The van der Waals surface area contributed by atoms with Crippen molar-refractivity contribution >= 4 is 0 Å². The van der Waals surface area contributed by atoms with Crippen LogP contribution in [0.3, 0.4) is 0 Å². The number of hydrogen-bond acceptors (Lipinski definition) is 3. The molecule has 4 fully saturated rings. The second-order valence-electron chi connectivity index (χ2n) is 13.3. The Balaban J connectivity index is 1.56. The van der Waals surface area contributed by atoms with E-state index in [4.69, 9.17) is 4.74 Å². The Morgan fingerprint density at radius 2 is 1.78 bits per heavy atom. The molecule has 3 heteroatoms. The molecule has 0 aliphatic heterocycles. The molecular formula is C29H49NO2. The number of aliphatic hydroxyl groups is 1. The molecular weight excluding hydrogens is 394 g/mol. The molecule has 4 rings (SSSR count). The normalized spacial score (nSPS) is 49.1. The van der Waals surface area contributed by atoms with E-state index in [1.807, 2.05) is 0 Å². The van der Waals surface area contributed by atoms with Gasteiger partial charge in [0, 0.05) is 18.9 Å². The number of nitriles is 1. The van der Waals surface area contributed by atoms with Crippen LogP contribution >= 0.6 is 0 Å². The molecule has 0 aromatic heterocycles. The zero-order valence-electron chi connectivity index (χ0n) is 21.7. The van der Waals surface area contributed by atoms with E-state index in [0.717, 1.165) is 42.9 Å². The number of ether oxygens (including phenoxy) is 1. The molecule has 4 aliphatic rings. The van der Waals surface area contributed by atoms with Gasteiger partial charge in [0.2, 0.25) is 0 Å². The van der Waals surface area contributed by atoms with Crippen LogP contribution in [0.15, 0.2) is 0 Å². The Morgan fingerprint density at radius 3 is 2.44 bits per heavy atom. The first-order chi connectivity index (χ1) is 15.1. The second-order valence-corrected chi connectivity index (χ2v) is 13.3. The van der Waals surface area contributed by atoms with Crippen LogP contribution in [0.1, 0.15) is 105 Å². The van der Waals surface area contributed by atoms with Gasteiger partial charge in [-0.15, -0.1) is 0 Å². The highest BCUT2D eigenvalue weighted by Crippen LogP contribution is 2.70. The first-order valence-corrected chi connectivity index (χ1v) is 13.8. The van der Waals surface area contributed by atoms with Gasteiger partial charge in [-0.1, -0.05) is 53.9 Å². The van der Waals surface area contributed by atoms with Crippen LogP contribution < -0.4 is 0 Å². The molecule has 3 nitrogen and oxygen atoms in total. The summed E-state index contributed by atoms with van der Waals surface area (Å²) in [6, 6.07) is 2.61. The summed E-state index contributed by atoms with van der Waals surface area (Å²) in [5.74, 6) is 4.09. The van der Waals surface area contributed by atoms with Crippen molar-refractivity contribution in [3.8, 4) is 6.07 Å². The van der Waals surface area contributed by atoms with E-state index in [1.165, 1.54) is 44.9 Å². The lowest BCUT2D eigenvalue weighted by Gasteiger charge is -2.65. The minimum atomic E-state index is -0.891. The molecule has 10 atom stereocenters. The highest BCUT2D eigenvalue weighted by Gasteiger charge is 2.67.